The van der Waals surface area contributed by atoms with E-state index in [4.69, 9.17) is 4.98 Å². The number of hydrogen-bond acceptors (Lipinski definition) is 5. The van der Waals surface area contributed by atoms with E-state index in [1.54, 1.807) is 11.3 Å². The number of likely N-dealkylation sites (tertiary alicyclic amines) is 1. The van der Waals surface area contributed by atoms with Gasteiger partial charge in [-0.1, -0.05) is 6.08 Å². The van der Waals surface area contributed by atoms with E-state index in [9.17, 15) is 0 Å². The Morgan fingerprint density at radius 2 is 1.95 bits per heavy atom. The minimum absolute atomic E-state index is 0.848. The number of aromatic nitrogens is 2. The summed E-state index contributed by atoms with van der Waals surface area (Å²) in [6.07, 6.45) is 8.39. The van der Waals surface area contributed by atoms with Gasteiger partial charge in [-0.2, -0.15) is 0 Å². The predicted molar refractivity (Wildman–Crippen MR) is 91.6 cm³/mol. The number of dihydropyridines is 1. The Bertz CT molecular complexity index is 753. The standard InChI is InChI=1S/C17H20N4S/c1-12-5-7-14-16(19-12)20-17(22-14)13-6-8-15(18-11-13)21-9-3-2-4-10-21/h5-8,18H,2-4,9-11H2,1H3. The average molecular weight is 312 g/mol. The monoisotopic (exact) mass is 312 g/mol. The molecule has 22 heavy (non-hydrogen) atoms. The van der Waals surface area contributed by atoms with E-state index in [0.29, 0.717) is 0 Å². The molecule has 0 unspecified atom stereocenters. The third kappa shape index (κ3) is 2.61. The topological polar surface area (TPSA) is 41.0 Å². The summed E-state index contributed by atoms with van der Waals surface area (Å²) in [5, 5.41) is 4.64. The van der Waals surface area contributed by atoms with Crippen LogP contribution in [-0.2, 0) is 0 Å². The predicted octanol–water partition coefficient (Wildman–Crippen LogP) is 3.31. The first-order chi connectivity index (χ1) is 10.8. The molecule has 5 heteroatoms. The van der Waals surface area contributed by atoms with Gasteiger partial charge in [0.15, 0.2) is 5.65 Å². The van der Waals surface area contributed by atoms with E-state index < -0.39 is 0 Å². The van der Waals surface area contributed by atoms with Gasteiger partial charge in [0.25, 0.3) is 0 Å². The Hall–Kier alpha value is -1.88. The van der Waals surface area contributed by atoms with E-state index in [1.165, 1.54) is 43.7 Å². The van der Waals surface area contributed by atoms with Gasteiger partial charge in [-0.3, -0.25) is 0 Å². The van der Waals surface area contributed by atoms with Crippen LogP contribution in [0, 0.1) is 6.92 Å². The Labute approximate surface area is 134 Å². The van der Waals surface area contributed by atoms with Crippen LogP contribution in [0.2, 0.25) is 0 Å². The van der Waals surface area contributed by atoms with Crippen molar-refractivity contribution in [2.45, 2.75) is 26.2 Å². The molecule has 2 aromatic heterocycles. The van der Waals surface area contributed by atoms with Crippen molar-refractivity contribution in [3.63, 3.8) is 0 Å². The van der Waals surface area contributed by atoms with Crippen LogP contribution in [0.3, 0.4) is 0 Å². The molecule has 2 aliphatic rings. The first-order valence-electron chi connectivity index (χ1n) is 7.94. The summed E-state index contributed by atoms with van der Waals surface area (Å²) in [4.78, 5) is 11.7. The van der Waals surface area contributed by atoms with E-state index in [1.807, 2.05) is 13.0 Å². The van der Waals surface area contributed by atoms with E-state index in [2.05, 4.69) is 33.4 Å². The Morgan fingerprint density at radius 1 is 1.09 bits per heavy atom. The molecule has 0 aromatic carbocycles. The molecular formula is C17H20N4S. The van der Waals surface area contributed by atoms with Crippen LogP contribution in [0.15, 0.2) is 30.1 Å². The number of hydrogen-bond donors (Lipinski definition) is 1. The molecule has 0 bridgehead atoms. The normalized spacial score (nSPS) is 18.9. The SMILES string of the molecule is Cc1ccc2sc(C3=CC=C(N4CCCCC4)NC3)nc2n1. The quantitative estimate of drug-likeness (QED) is 0.923. The van der Waals surface area contributed by atoms with Gasteiger partial charge in [-0.05, 0) is 44.4 Å². The third-order valence-electron chi connectivity index (χ3n) is 4.27. The zero-order valence-electron chi connectivity index (χ0n) is 12.8. The molecule has 4 nitrogen and oxygen atoms in total. The Morgan fingerprint density at radius 3 is 2.73 bits per heavy atom. The maximum atomic E-state index is 4.69. The van der Waals surface area contributed by atoms with Crippen LogP contribution in [-0.4, -0.2) is 34.5 Å². The number of allylic oxidation sites excluding steroid dienone is 2. The lowest BCUT2D eigenvalue weighted by atomic mass is 10.1. The lowest BCUT2D eigenvalue weighted by molar-refractivity contribution is 0.269. The van der Waals surface area contributed by atoms with Gasteiger partial charge in [0.05, 0.1) is 4.70 Å². The van der Waals surface area contributed by atoms with Crippen molar-refractivity contribution >= 4 is 27.3 Å². The lowest BCUT2D eigenvalue weighted by Crippen LogP contribution is -2.37. The molecular weight excluding hydrogens is 292 g/mol. The van der Waals surface area contributed by atoms with Crippen LogP contribution < -0.4 is 5.32 Å². The van der Waals surface area contributed by atoms with Gasteiger partial charge in [-0.15, -0.1) is 11.3 Å². The van der Waals surface area contributed by atoms with E-state index in [0.717, 1.165) is 27.6 Å². The van der Waals surface area contributed by atoms with Crippen molar-refractivity contribution < 1.29 is 0 Å². The Balaban J connectivity index is 1.59. The summed E-state index contributed by atoms with van der Waals surface area (Å²) in [6, 6.07) is 4.16. The number of thiazole rings is 1. The molecule has 4 heterocycles. The molecule has 0 saturated carbocycles. The number of nitrogens with zero attached hydrogens (tertiary/aromatic N) is 3. The molecule has 0 atom stereocenters. The summed E-state index contributed by atoms with van der Waals surface area (Å²) in [5.41, 5.74) is 3.14. The molecule has 114 valence electrons. The largest absolute Gasteiger partial charge is 0.368 e. The minimum Gasteiger partial charge on any atom is -0.368 e. The highest BCUT2D eigenvalue weighted by atomic mass is 32.1. The van der Waals surface area contributed by atoms with Crippen molar-refractivity contribution in [1.82, 2.24) is 20.2 Å². The van der Waals surface area contributed by atoms with Crippen LogP contribution >= 0.6 is 11.3 Å². The summed E-state index contributed by atoms with van der Waals surface area (Å²) in [5.74, 6) is 1.26. The molecule has 2 aliphatic heterocycles. The average Bonchev–Trinajstić information content (AvgIpc) is 2.99. The van der Waals surface area contributed by atoms with Gasteiger partial charge >= 0.3 is 0 Å². The van der Waals surface area contributed by atoms with Crippen LogP contribution in [0.5, 0.6) is 0 Å². The van der Waals surface area contributed by atoms with Gasteiger partial charge < -0.3 is 10.2 Å². The second-order valence-electron chi connectivity index (χ2n) is 5.94. The fourth-order valence-electron chi connectivity index (χ4n) is 3.03. The van der Waals surface area contributed by atoms with Crippen molar-refractivity contribution in [2.24, 2.45) is 0 Å². The zero-order valence-corrected chi connectivity index (χ0v) is 13.6. The molecule has 0 radical (unpaired) electrons. The summed E-state index contributed by atoms with van der Waals surface area (Å²) >= 11 is 1.72. The molecule has 0 aliphatic carbocycles. The smallest absolute Gasteiger partial charge is 0.171 e. The summed E-state index contributed by atoms with van der Waals surface area (Å²) in [7, 11) is 0. The second kappa shape index (κ2) is 5.72. The summed E-state index contributed by atoms with van der Waals surface area (Å²) in [6.45, 7) is 5.20. The number of piperidine rings is 1. The maximum absolute atomic E-state index is 4.69. The maximum Gasteiger partial charge on any atom is 0.171 e. The van der Waals surface area contributed by atoms with E-state index >= 15 is 0 Å². The molecule has 1 N–H and O–H groups in total. The highest BCUT2D eigenvalue weighted by Crippen LogP contribution is 2.28. The number of aryl methyl sites for hydroxylation is 1. The number of pyridine rings is 1. The van der Waals surface area contributed by atoms with E-state index in [-0.39, 0.29) is 0 Å². The molecule has 0 spiro atoms. The minimum atomic E-state index is 0.848. The summed E-state index contributed by atoms with van der Waals surface area (Å²) < 4.78 is 1.16. The van der Waals surface area contributed by atoms with Crippen LogP contribution in [0.1, 0.15) is 30.0 Å². The molecule has 0 amide bonds. The van der Waals surface area contributed by atoms with Gasteiger partial charge in [0, 0.05) is 30.9 Å². The zero-order chi connectivity index (χ0) is 14.9. The highest BCUT2D eigenvalue weighted by molar-refractivity contribution is 7.19. The number of fused-ring (bicyclic) bond motifs is 1. The molecule has 2 aromatic rings. The Kier molecular flexibility index (Phi) is 3.58. The molecule has 1 fully saturated rings. The highest BCUT2D eigenvalue weighted by Gasteiger charge is 2.17. The number of rotatable bonds is 2. The van der Waals surface area contributed by atoms with Gasteiger partial charge in [0.1, 0.15) is 10.8 Å². The number of nitrogens with one attached hydrogen (secondary N) is 1. The van der Waals surface area contributed by atoms with Crippen molar-refractivity contribution in [2.75, 3.05) is 19.6 Å². The van der Waals surface area contributed by atoms with Crippen LogP contribution in [0.25, 0.3) is 15.9 Å². The molecule has 1 saturated heterocycles. The van der Waals surface area contributed by atoms with Crippen molar-refractivity contribution in [3.8, 4) is 0 Å². The first kappa shape index (κ1) is 13.8. The fourth-order valence-corrected chi connectivity index (χ4v) is 3.96. The van der Waals surface area contributed by atoms with Gasteiger partial charge in [-0.25, -0.2) is 9.97 Å². The molecule has 4 rings (SSSR count). The third-order valence-corrected chi connectivity index (χ3v) is 5.35. The first-order valence-corrected chi connectivity index (χ1v) is 8.75. The fraction of sp³-hybridized carbons (Fsp3) is 0.412. The van der Waals surface area contributed by atoms with Gasteiger partial charge in [0.2, 0.25) is 0 Å². The lowest BCUT2D eigenvalue weighted by Gasteiger charge is -2.32. The second-order valence-corrected chi connectivity index (χ2v) is 6.97. The van der Waals surface area contributed by atoms with Crippen molar-refractivity contribution in [1.29, 1.82) is 0 Å². The van der Waals surface area contributed by atoms with Crippen molar-refractivity contribution in [3.05, 3.63) is 40.8 Å². The van der Waals surface area contributed by atoms with Crippen LogP contribution in [0.4, 0.5) is 0 Å².